The first-order valence-corrected chi connectivity index (χ1v) is 9.63. The Morgan fingerprint density at radius 1 is 1.22 bits per heavy atom. The normalized spacial score (nSPS) is 16.3. The molecule has 1 aliphatic heterocycles. The molecule has 1 fully saturated rings. The van der Waals surface area contributed by atoms with Crippen LogP contribution in [0.2, 0.25) is 0 Å². The average Bonchev–Trinajstić information content (AvgIpc) is 3.04. The summed E-state index contributed by atoms with van der Waals surface area (Å²) in [6.45, 7) is 1.94. The lowest BCUT2D eigenvalue weighted by molar-refractivity contribution is -0.131. The van der Waals surface area contributed by atoms with Gasteiger partial charge in [0, 0.05) is 15.7 Å². The molecule has 1 aliphatic rings. The number of ether oxygens (including phenoxy) is 1. The highest BCUT2D eigenvalue weighted by atomic mass is 127. The zero-order chi connectivity index (χ0) is 19.4. The van der Waals surface area contributed by atoms with E-state index in [-0.39, 0.29) is 25.4 Å². The minimum Gasteiger partial charge on any atom is -0.444 e. The number of halogens is 1. The van der Waals surface area contributed by atoms with Crippen LogP contribution in [0.5, 0.6) is 0 Å². The van der Waals surface area contributed by atoms with Crippen LogP contribution in [0.4, 0.5) is 10.5 Å². The van der Waals surface area contributed by atoms with Gasteiger partial charge in [0.25, 0.3) is 0 Å². The number of amides is 3. The van der Waals surface area contributed by atoms with Gasteiger partial charge in [-0.1, -0.05) is 30.3 Å². The van der Waals surface area contributed by atoms with Crippen molar-refractivity contribution in [1.82, 2.24) is 4.90 Å². The van der Waals surface area contributed by atoms with E-state index >= 15 is 0 Å². The van der Waals surface area contributed by atoms with Gasteiger partial charge in [0.05, 0.1) is 0 Å². The van der Waals surface area contributed by atoms with Crippen LogP contribution in [-0.4, -0.2) is 28.8 Å². The van der Waals surface area contributed by atoms with Crippen molar-refractivity contribution in [3.63, 3.8) is 0 Å². The monoisotopic (exact) mass is 478 g/mol. The number of hydrogen-bond donors (Lipinski definition) is 1. The SMILES string of the molecule is Cc1cc(I)ccc1NC(=O)[C@H]1CCC(=O)N1C(=O)OCc1ccccc1. The Bertz CT molecular complexity index is 870. The molecular formula is C20H19IN2O4. The van der Waals surface area contributed by atoms with Crippen LogP contribution in [-0.2, 0) is 20.9 Å². The van der Waals surface area contributed by atoms with E-state index in [0.717, 1.165) is 19.6 Å². The second-order valence-corrected chi connectivity index (χ2v) is 7.55. The number of nitrogens with zero attached hydrogens (tertiary/aromatic N) is 1. The Kier molecular flexibility index (Phi) is 6.10. The molecule has 2 aromatic carbocycles. The van der Waals surface area contributed by atoms with Gasteiger partial charge in [0.15, 0.2) is 0 Å². The summed E-state index contributed by atoms with van der Waals surface area (Å²) in [5.74, 6) is -0.783. The minimum absolute atomic E-state index is 0.0496. The van der Waals surface area contributed by atoms with E-state index in [0.29, 0.717) is 5.69 Å². The zero-order valence-electron chi connectivity index (χ0n) is 14.8. The molecule has 1 atom stereocenters. The van der Waals surface area contributed by atoms with E-state index in [9.17, 15) is 14.4 Å². The second-order valence-electron chi connectivity index (χ2n) is 6.31. The Morgan fingerprint density at radius 2 is 1.96 bits per heavy atom. The Balaban J connectivity index is 1.67. The molecule has 1 saturated heterocycles. The summed E-state index contributed by atoms with van der Waals surface area (Å²) in [6, 6.07) is 14.0. The molecule has 3 amide bonds. The topological polar surface area (TPSA) is 75.7 Å². The largest absolute Gasteiger partial charge is 0.444 e. The number of hydrogen-bond acceptors (Lipinski definition) is 4. The van der Waals surface area contributed by atoms with Crippen LogP contribution in [0.25, 0.3) is 0 Å². The van der Waals surface area contributed by atoms with Crippen LogP contribution in [0.3, 0.4) is 0 Å². The Morgan fingerprint density at radius 3 is 2.67 bits per heavy atom. The van der Waals surface area contributed by atoms with Crippen molar-refractivity contribution in [2.75, 3.05) is 5.32 Å². The maximum atomic E-state index is 12.7. The number of carbonyl (C=O) groups is 3. The molecule has 0 aromatic heterocycles. The summed E-state index contributed by atoms with van der Waals surface area (Å²) in [5, 5.41) is 2.81. The molecule has 0 spiro atoms. The maximum Gasteiger partial charge on any atom is 0.417 e. The van der Waals surface area contributed by atoms with Gasteiger partial charge in [0.2, 0.25) is 11.8 Å². The summed E-state index contributed by atoms with van der Waals surface area (Å²) in [6.07, 6.45) is -0.362. The first-order valence-electron chi connectivity index (χ1n) is 8.55. The third-order valence-corrected chi connectivity index (χ3v) is 5.03. The molecule has 0 bridgehead atoms. The number of nitrogens with one attached hydrogen (secondary N) is 1. The summed E-state index contributed by atoms with van der Waals surface area (Å²) in [4.78, 5) is 38.2. The lowest BCUT2D eigenvalue weighted by Crippen LogP contribution is -2.45. The summed E-state index contributed by atoms with van der Waals surface area (Å²) in [5.41, 5.74) is 2.39. The fraction of sp³-hybridized carbons (Fsp3) is 0.250. The molecule has 27 heavy (non-hydrogen) atoms. The van der Waals surface area contributed by atoms with Crippen molar-refractivity contribution < 1.29 is 19.1 Å². The quantitative estimate of drug-likeness (QED) is 0.678. The zero-order valence-corrected chi connectivity index (χ0v) is 16.9. The first kappa shape index (κ1) is 19.3. The van der Waals surface area contributed by atoms with Crippen LogP contribution in [0.15, 0.2) is 48.5 Å². The summed E-state index contributed by atoms with van der Waals surface area (Å²) >= 11 is 2.20. The molecule has 0 aliphatic carbocycles. The van der Waals surface area contributed by atoms with Gasteiger partial charge < -0.3 is 10.1 Å². The number of rotatable bonds is 4. The van der Waals surface area contributed by atoms with Gasteiger partial charge in [0.1, 0.15) is 12.6 Å². The van der Waals surface area contributed by atoms with Crippen LogP contribution >= 0.6 is 22.6 Å². The van der Waals surface area contributed by atoms with Gasteiger partial charge in [-0.15, -0.1) is 0 Å². The predicted molar refractivity (Wildman–Crippen MR) is 109 cm³/mol. The molecule has 1 N–H and O–H groups in total. The summed E-state index contributed by atoms with van der Waals surface area (Å²) < 4.78 is 6.30. The highest BCUT2D eigenvalue weighted by Crippen LogP contribution is 2.24. The van der Waals surface area contributed by atoms with Crippen molar-refractivity contribution in [2.24, 2.45) is 0 Å². The molecule has 0 radical (unpaired) electrons. The highest BCUT2D eigenvalue weighted by Gasteiger charge is 2.41. The summed E-state index contributed by atoms with van der Waals surface area (Å²) in [7, 11) is 0. The lowest BCUT2D eigenvalue weighted by atomic mass is 10.1. The van der Waals surface area contributed by atoms with E-state index in [1.54, 1.807) is 0 Å². The van der Waals surface area contributed by atoms with Crippen molar-refractivity contribution in [3.8, 4) is 0 Å². The highest BCUT2D eigenvalue weighted by molar-refractivity contribution is 14.1. The maximum absolute atomic E-state index is 12.7. The van der Waals surface area contributed by atoms with Crippen LogP contribution in [0, 0.1) is 10.5 Å². The van der Waals surface area contributed by atoms with Gasteiger partial charge in [-0.2, -0.15) is 0 Å². The number of benzene rings is 2. The van der Waals surface area contributed by atoms with Crippen LogP contribution < -0.4 is 5.32 Å². The van der Waals surface area contributed by atoms with Crippen molar-refractivity contribution in [1.29, 1.82) is 0 Å². The van der Waals surface area contributed by atoms with E-state index in [2.05, 4.69) is 27.9 Å². The predicted octanol–water partition coefficient (Wildman–Crippen LogP) is 3.87. The van der Waals surface area contributed by atoms with Crippen LogP contribution in [0.1, 0.15) is 24.0 Å². The lowest BCUT2D eigenvalue weighted by Gasteiger charge is -2.22. The molecule has 7 heteroatoms. The van der Waals surface area contributed by atoms with E-state index in [1.165, 1.54) is 0 Å². The molecule has 1 heterocycles. The van der Waals surface area contributed by atoms with Gasteiger partial charge >= 0.3 is 6.09 Å². The fourth-order valence-electron chi connectivity index (χ4n) is 2.93. The van der Waals surface area contributed by atoms with Crippen molar-refractivity contribution in [2.45, 2.75) is 32.4 Å². The van der Waals surface area contributed by atoms with E-state index in [4.69, 9.17) is 4.74 Å². The molecule has 140 valence electrons. The third-order valence-electron chi connectivity index (χ3n) is 4.36. The third kappa shape index (κ3) is 4.65. The molecule has 0 saturated carbocycles. The Labute approximate surface area is 171 Å². The molecular weight excluding hydrogens is 459 g/mol. The fourth-order valence-corrected chi connectivity index (χ4v) is 3.58. The number of carbonyl (C=O) groups excluding carboxylic acids is 3. The molecule has 6 nitrogen and oxygen atoms in total. The first-order chi connectivity index (χ1) is 13.0. The van der Waals surface area contributed by atoms with Crippen molar-refractivity contribution in [3.05, 3.63) is 63.2 Å². The van der Waals surface area contributed by atoms with Gasteiger partial charge in [-0.25, -0.2) is 9.69 Å². The molecule has 2 aromatic rings. The average molecular weight is 478 g/mol. The van der Waals surface area contributed by atoms with Gasteiger partial charge in [-0.3, -0.25) is 9.59 Å². The number of anilines is 1. The number of likely N-dealkylation sites (tertiary alicyclic amines) is 1. The molecule has 3 rings (SSSR count). The van der Waals surface area contributed by atoms with E-state index < -0.39 is 18.0 Å². The molecule has 0 unspecified atom stereocenters. The smallest absolute Gasteiger partial charge is 0.417 e. The van der Waals surface area contributed by atoms with Gasteiger partial charge in [-0.05, 0) is 65.3 Å². The van der Waals surface area contributed by atoms with E-state index in [1.807, 2.05) is 55.5 Å². The minimum atomic E-state index is -0.862. The number of aryl methyl sites for hydroxylation is 1. The van der Waals surface area contributed by atoms with Crippen molar-refractivity contribution >= 4 is 46.2 Å². The standard InChI is InChI=1S/C20H19IN2O4/c1-13-11-15(21)7-8-16(13)22-19(25)17-9-10-18(24)23(17)20(26)27-12-14-5-3-2-4-6-14/h2-8,11,17H,9-10,12H2,1H3,(H,22,25)/t17-/m1/s1. The Hall–Kier alpha value is -2.42. The second kappa shape index (κ2) is 8.51. The number of imide groups is 1.